The lowest BCUT2D eigenvalue weighted by Gasteiger charge is -1.98. The van der Waals surface area contributed by atoms with Gasteiger partial charge in [0.2, 0.25) is 0 Å². The van der Waals surface area contributed by atoms with Crippen molar-refractivity contribution in [1.29, 1.82) is 0 Å². The van der Waals surface area contributed by atoms with Crippen LogP contribution in [0.4, 0.5) is 4.39 Å². The Kier molecular flexibility index (Phi) is 2.37. The van der Waals surface area contributed by atoms with Gasteiger partial charge in [-0.05, 0) is 27.4 Å². The summed E-state index contributed by atoms with van der Waals surface area (Å²) in [6.45, 7) is 0. The fraction of sp³-hybridized carbons (Fsp3) is 0. The monoisotopic (exact) mass is 258 g/mol. The van der Waals surface area contributed by atoms with Crippen molar-refractivity contribution in [3.8, 4) is 11.3 Å². The Balaban J connectivity index is 2.59. The molecule has 13 heavy (non-hydrogen) atoms. The minimum atomic E-state index is -0.416. The van der Waals surface area contributed by atoms with Crippen molar-refractivity contribution in [3.05, 3.63) is 33.6 Å². The van der Waals surface area contributed by atoms with Crippen LogP contribution >= 0.6 is 27.3 Å². The highest BCUT2D eigenvalue weighted by atomic mass is 79.9. The van der Waals surface area contributed by atoms with E-state index in [1.54, 1.807) is 0 Å². The van der Waals surface area contributed by atoms with Crippen molar-refractivity contribution in [2.45, 2.75) is 0 Å². The van der Waals surface area contributed by atoms with Gasteiger partial charge in [-0.1, -0.05) is 0 Å². The smallest absolute Gasteiger partial charge is 0.182 e. The SMILES string of the molecule is Fc1c(Br)ncnc1-c1ccsc1. The average Bonchev–Trinajstić information content (AvgIpc) is 2.62. The highest BCUT2D eigenvalue weighted by molar-refractivity contribution is 9.10. The third kappa shape index (κ3) is 1.62. The molecule has 0 atom stereocenters. The average molecular weight is 259 g/mol. The Morgan fingerprint density at radius 3 is 2.92 bits per heavy atom. The van der Waals surface area contributed by atoms with Gasteiger partial charge in [0.1, 0.15) is 16.6 Å². The first-order valence-corrected chi connectivity index (χ1v) is 5.21. The summed E-state index contributed by atoms with van der Waals surface area (Å²) in [7, 11) is 0. The number of aromatic nitrogens is 2. The maximum atomic E-state index is 13.4. The first kappa shape index (κ1) is 8.77. The van der Waals surface area contributed by atoms with Crippen LogP contribution < -0.4 is 0 Å². The van der Waals surface area contributed by atoms with Crippen LogP contribution in [0, 0.1) is 5.82 Å². The van der Waals surface area contributed by atoms with Crippen molar-refractivity contribution in [2.24, 2.45) is 0 Å². The predicted octanol–water partition coefficient (Wildman–Crippen LogP) is 3.11. The molecule has 0 amide bonds. The summed E-state index contributed by atoms with van der Waals surface area (Å²) in [6, 6.07) is 1.82. The number of halogens is 2. The Bertz CT molecular complexity index is 416. The Morgan fingerprint density at radius 1 is 1.38 bits per heavy atom. The van der Waals surface area contributed by atoms with Gasteiger partial charge in [-0.15, -0.1) is 0 Å². The number of nitrogens with zero attached hydrogens (tertiary/aromatic N) is 2. The molecular weight excluding hydrogens is 255 g/mol. The number of hydrogen-bond acceptors (Lipinski definition) is 3. The fourth-order valence-corrected chi connectivity index (χ4v) is 1.87. The predicted molar refractivity (Wildman–Crippen MR) is 53.0 cm³/mol. The normalized spacial score (nSPS) is 10.3. The molecule has 0 aliphatic carbocycles. The fourth-order valence-electron chi connectivity index (χ4n) is 0.949. The standard InChI is InChI=1S/C8H4BrFN2S/c9-8-6(10)7(11-4-12-8)5-1-2-13-3-5/h1-4H. The largest absolute Gasteiger partial charge is 0.233 e. The Hall–Kier alpha value is -0.810. The van der Waals surface area contributed by atoms with Crippen molar-refractivity contribution in [2.75, 3.05) is 0 Å². The topological polar surface area (TPSA) is 25.8 Å². The molecule has 0 spiro atoms. The van der Waals surface area contributed by atoms with E-state index in [2.05, 4.69) is 25.9 Å². The van der Waals surface area contributed by atoms with Gasteiger partial charge in [-0.25, -0.2) is 14.4 Å². The van der Waals surface area contributed by atoms with Crippen LogP contribution in [-0.2, 0) is 0 Å². The van der Waals surface area contributed by atoms with Crippen LogP contribution in [0.1, 0.15) is 0 Å². The highest BCUT2D eigenvalue weighted by Gasteiger charge is 2.10. The summed E-state index contributed by atoms with van der Waals surface area (Å²) < 4.78 is 13.6. The van der Waals surface area contributed by atoms with Crippen LogP contribution in [0.25, 0.3) is 11.3 Å². The first-order chi connectivity index (χ1) is 6.29. The summed E-state index contributed by atoms with van der Waals surface area (Å²) in [6.07, 6.45) is 1.33. The third-order valence-corrected chi connectivity index (χ3v) is 2.78. The lowest BCUT2D eigenvalue weighted by Crippen LogP contribution is -1.91. The zero-order valence-electron chi connectivity index (χ0n) is 6.37. The molecule has 0 N–H and O–H groups in total. The number of thiophene rings is 1. The van der Waals surface area contributed by atoms with E-state index in [0.717, 1.165) is 5.56 Å². The van der Waals surface area contributed by atoms with Crippen molar-refractivity contribution < 1.29 is 4.39 Å². The molecule has 0 saturated heterocycles. The van der Waals surface area contributed by atoms with E-state index in [1.807, 2.05) is 16.8 Å². The van der Waals surface area contributed by atoms with Gasteiger partial charge in [0.15, 0.2) is 5.82 Å². The van der Waals surface area contributed by atoms with Crippen LogP contribution in [-0.4, -0.2) is 9.97 Å². The lowest BCUT2D eigenvalue weighted by molar-refractivity contribution is 0.609. The second kappa shape index (κ2) is 3.51. The summed E-state index contributed by atoms with van der Waals surface area (Å²) in [5, 5.41) is 3.72. The molecular formula is C8H4BrFN2S. The van der Waals surface area contributed by atoms with Crippen molar-refractivity contribution in [3.63, 3.8) is 0 Å². The van der Waals surface area contributed by atoms with E-state index in [1.165, 1.54) is 17.7 Å². The zero-order chi connectivity index (χ0) is 9.26. The molecule has 2 aromatic heterocycles. The van der Waals surface area contributed by atoms with E-state index >= 15 is 0 Å². The van der Waals surface area contributed by atoms with Gasteiger partial charge in [-0.2, -0.15) is 11.3 Å². The molecule has 2 nitrogen and oxygen atoms in total. The first-order valence-electron chi connectivity index (χ1n) is 3.47. The molecule has 0 radical (unpaired) electrons. The minimum Gasteiger partial charge on any atom is -0.233 e. The molecule has 0 aromatic carbocycles. The summed E-state index contributed by atoms with van der Waals surface area (Å²) in [5.41, 5.74) is 1.12. The van der Waals surface area contributed by atoms with Gasteiger partial charge in [0, 0.05) is 10.9 Å². The molecule has 0 fully saturated rings. The molecule has 2 heterocycles. The summed E-state index contributed by atoms with van der Waals surface area (Å²) in [5.74, 6) is -0.416. The molecule has 0 bridgehead atoms. The van der Waals surface area contributed by atoms with E-state index in [9.17, 15) is 4.39 Å². The maximum absolute atomic E-state index is 13.4. The lowest BCUT2D eigenvalue weighted by atomic mass is 10.2. The minimum absolute atomic E-state index is 0.198. The van der Waals surface area contributed by atoms with Crippen LogP contribution in [0.3, 0.4) is 0 Å². The van der Waals surface area contributed by atoms with E-state index in [4.69, 9.17) is 0 Å². The second-order valence-electron chi connectivity index (χ2n) is 2.34. The Labute approximate surface area is 86.6 Å². The van der Waals surface area contributed by atoms with Crippen molar-refractivity contribution in [1.82, 2.24) is 9.97 Å². The van der Waals surface area contributed by atoms with Gasteiger partial charge < -0.3 is 0 Å². The molecule has 66 valence electrons. The molecule has 0 unspecified atom stereocenters. The van der Waals surface area contributed by atoms with Crippen LogP contribution in [0.2, 0.25) is 0 Å². The second-order valence-corrected chi connectivity index (χ2v) is 3.87. The van der Waals surface area contributed by atoms with E-state index in [-0.39, 0.29) is 4.60 Å². The van der Waals surface area contributed by atoms with Crippen LogP contribution in [0.15, 0.2) is 27.8 Å². The van der Waals surface area contributed by atoms with E-state index in [0.29, 0.717) is 5.69 Å². The molecule has 2 rings (SSSR count). The van der Waals surface area contributed by atoms with Gasteiger partial charge in [0.25, 0.3) is 0 Å². The molecule has 5 heteroatoms. The molecule has 0 saturated carbocycles. The zero-order valence-corrected chi connectivity index (χ0v) is 8.77. The van der Waals surface area contributed by atoms with Crippen LogP contribution in [0.5, 0.6) is 0 Å². The third-order valence-electron chi connectivity index (χ3n) is 1.54. The van der Waals surface area contributed by atoms with Gasteiger partial charge in [0.05, 0.1) is 0 Å². The summed E-state index contributed by atoms with van der Waals surface area (Å²) in [4.78, 5) is 7.56. The Morgan fingerprint density at radius 2 is 2.23 bits per heavy atom. The molecule has 0 aliphatic heterocycles. The number of hydrogen-bond donors (Lipinski definition) is 0. The maximum Gasteiger partial charge on any atom is 0.182 e. The summed E-state index contributed by atoms with van der Waals surface area (Å²) >= 11 is 4.52. The number of rotatable bonds is 1. The van der Waals surface area contributed by atoms with Gasteiger partial charge >= 0.3 is 0 Å². The molecule has 0 aliphatic rings. The van der Waals surface area contributed by atoms with Crippen molar-refractivity contribution >= 4 is 27.3 Å². The quantitative estimate of drug-likeness (QED) is 0.735. The van der Waals surface area contributed by atoms with E-state index < -0.39 is 5.82 Å². The van der Waals surface area contributed by atoms with Gasteiger partial charge in [-0.3, -0.25) is 0 Å². The highest BCUT2D eigenvalue weighted by Crippen LogP contribution is 2.25. The molecule has 2 aromatic rings.